The molecule has 0 bridgehead atoms. The molecule has 1 aromatic heterocycles. The fourth-order valence-electron chi connectivity index (χ4n) is 3.08. The molecule has 23 heavy (non-hydrogen) atoms. The minimum absolute atomic E-state index is 0.0817. The lowest BCUT2D eigenvalue weighted by molar-refractivity contribution is -0.855. The van der Waals surface area contributed by atoms with Gasteiger partial charge in [-0.1, -0.05) is 36.2 Å². The van der Waals surface area contributed by atoms with Gasteiger partial charge < -0.3 is 4.90 Å². The number of halogens is 1. The summed E-state index contributed by atoms with van der Waals surface area (Å²) in [6.45, 7) is 1.04. The molecule has 0 aliphatic heterocycles. The van der Waals surface area contributed by atoms with Crippen LogP contribution in [0.15, 0.2) is 28.2 Å². The third-order valence-corrected chi connectivity index (χ3v) is 5.54. The Kier molecular flexibility index (Phi) is 5.29. The van der Waals surface area contributed by atoms with Crippen LogP contribution in [0, 0.1) is 0 Å². The van der Waals surface area contributed by atoms with Crippen LogP contribution in [0.3, 0.4) is 0 Å². The highest BCUT2D eigenvalue weighted by Gasteiger charge is 2.23. The topological polar surface area (TPSA) is 39.3 Å². The van der Waals surface area contributed by atoms with E-state index in [9.17, 15) is 4.79 Å². The summed E-state index contributed by atoms with van der Waals surface area (Å²) in [6, 6.07) is 5.66. The standard InChI is InChI=1S/C17H22ClN3OS/c1-20(2)9-10-23-17-19-15-11-12(18)7-8-14(15)16(22)21(17)13-5-3-4-6-13/h7-8,11,13H,3-6,9-10H2,1-2H3/p+1. The van der Waals surface area contributed by atoms with Crippen molar-refractivity contribution >= 4 is 34.3 Å². The van der Waals surface area contributed by atoms with Gasteiger partial charge in [0.1, 0.15) is 0 Å². The molecule has 1 fully saturated rings. The predicted octanol–water partition coefficient (Wildman–Crippen LogP) is 2.40. The molecule has 6 heteroatoms. The number of hydrogen-bond donors (Lipinski definition) is 1. The fourth-order valence-corrected chi connectivity index (χ4v) is 4.48. The van der Waals surface area contributed by atoms with E-state index < -0.39 is 0 Å². The van der Waals surface area contributed by atoms with Crippen LogP contribution in [0.1, 0.15) is 31.7 Å². The summed E-state index contributed by atoms with van der Waals surface area (Å²) in [5.74, 6) is 0.952. The summed E-state index contributed by atoms with van der Waals surface area (Å²) in [5.41, 5.74) is 0.787. The summed E-state index contributed by atoms with van der Waals surface area (Å²) < 4.78 is 1.94. The highest BCUT2D eigenvalue weighted by atomic mass is 35.5. The Balaban J connectivity index is 2.05. The molecule has 2 aromatic rings. The number of fused-ring (bicyclic) bond motifs is 1. The van der Waals surface area contributed by atoms with Crippen molar-refractivity contribution in [2.24, 2.45) is 0 Å². The molecular weight excluding hydrogens is 330 g/mol. The van der Waals surface area contributed by atoms with Gasteiger partial charge in [-0.05, 0) is 31.0 Å². The van der Waals surface area contributed by atoms with E-state index in [1.54, 1.807) is 30.0 Å². The Morgan fingerprint density at radius 3 is 2.78 bits per heavy atom. The van der Waals surface area contributed by atoms with Gasteiger partial charge in [0, 0.05) is 11.1 Å². The molecule has 1 aromatic carbocycles. The fraction of sp³-hybridized carbons (Fsp3) is 0.529. The lowest BCUT2D eigenvalue weighted by Gasteiger charge is -2.18. The number of nitrogens with zero attached hydrogens (tertiary/aromatic N) is 2. The zero-order valence-corrected chi connectivity index (χ0v) is 15.2. The molecule has 1 aliphatic carbocycles. The van der Waals surface area contributed by atoms with Crippen molar-refractivity contribution in [2.75, 3.05) is 26.4 Å². The van der Waals surface area contributed by atoms with E-state index in [0.717, 1.165) is 30.3 Å². The molecule has 1 saturated carbocycles. The number of rotatable bonds is 5. The normalized spacial score (nSPS) is 15.8. The molecule has 0 unspecified atom stereocenters. The Labute approximate surface area is 145 Å². The molecule has 0 atom stereocenters. The first-order valence-corrected chi connectivity index (χ1v) is 9.56. The maximum absolute atomic E-state index is 13.0. The molecule has 3 rings (SSSR count). The van der Waals surface area contributed by atoms with Gasteiger partial charge in [-0.2, -0.15) is 0 Å². The van der Waals surface area contributed by atoms with E-state index >= 15 is 0 Å². The maximum Gasteiger partial charge on any atom is 0.262 e. The van der Waals surface area contributed by atoms with Gasteiger partial charge in [-0.3, -0.25) is 9.36 Å². The number of thioether (sulfide) groups is 1. The second-order valence-corrected chi connectivity index (χ2v) is 7.97. The van der Waals surface area contributed by atoms with E-state index in [1.165, 1.54) is 17.7 Å². The first-order chi connectivity index (χ1) is 11.1. The quantitative estimate of drug-likeness (QED) is 0.663. The SMILES string of the molecule is C[NH+](C)CCSc1nc2cc(Cl)ccc2c(=O)n1C1CCCC1. The van der Waals surface area contributed by atoms with E-state index in [2.05, 4.69) is 14.1 Å². The number of benzene rings is 1. The Hall–Kier alpha value is -1.04. The van der Waals surface area contributed by atoms with Crippen LogP contribution in [0.4, 0.5) is 0 Å². The Morgan fingerprint density at radius 2 is 2.09 bits per heavy atom. The number of aromatic nitrogens is 2. The van der Waals surface area contributed by atoms with Gasteiger partial charge >= 0.3 is 0 Å². The molecule has 124 valence electrons. The number of hydrogen-bond acceptors (Lipinski definition) is 3. The lowest BCUT2D eigenvalue weighted by atomic mass is 10.2. The van der Waals surface area contributed by atoms with Gasteiger partial charge in [0.25, 0.3) is 5.56 Å². The van der Waals surface area contributed by atoms with Crippen molar-refractivity contribution in [1.29, 1.82) is 0 Å². The average Bonchev–Trinajstić information content (AvgIpc) is 3.00. The van der Waals surface area contributed by atoms with Crippen LogP contribution >= 0.6 is 23.4 Å². The molecule has 1 aliphatic rings. The highest BCUT2D eigenvalue weighted by molar-refractivity contribution is 7.99. The highest BCUT2D eigenvalue weighted by Crippen LogP contribution is 2.32. The number of nitrogens with one attached hydrogen (secondary N) is 1. The Morgan fingerprint density at radius 1 is 1.35 bits per heavy atom. The zero-order chi connectivity index (χ0) is 16.4. The van der Waals surface area contributed by atoms with E-state index in [1.807, 2.05) is 4.57 Å². The van der Waals surface area contributed by atoms with Crippen LogP contribution in [-0.2, 0) is 0 Å². The minimum atomic E-state index is 0.0817. The van der Waals surface area contributed by atoms with Crippen LogP contribution in [0.5, 0.6) is 0 Å². The van der Waals surface area contributed by atoms with Crippen molar-refractivity contribution in [1.82, 2.24) is 9.55 Å². The summed E-state index contributed by atoms with van der Waals surface area (Å²) >= 11 is 7.76. The molecule has 0 saturated heterocycles. The summed E-state index contributed by atoms with van der Waals surface area (Å²) in [5, 5.41) is 2.14. The molecule has 0 amide bonds. The Bertz CT molecular complexity index is 753. The maximum atomic E-state index is 13.0. The van der Waals surface area contributed by atoms with Gasteiger partial charge in [0.15, 0.2) is 5.16 Å². The largest absolute Gasteiger partial charge is 0.339 e. The van der Waals surface area contributed by atoms with Crippen molar-refractivity contribution in [3.63, 3.8) is 0 Å². The second kappa shape index (κ2) is 7.24. The molecule has 1 heterocycles. The van der Waals surface area contributed by atoms with Crippen molar-refractivity contribution in [3.05, 3.63) is 33.6 Å². The molecular formula is C17H23ClN3OS+. The van der Waals surface area contributed by atoms with E-state index in [0.29, 0.717) is 22.0 Å². The molecule has 0 radical (unpaired) electrons. The van der Waals surface area contributed by atoms with Crippen molar-refractivity contribution < 1.29 is 4.90 Å². The van der Waals surface area contributed by atoms with E-state index in [4.69, 9.17) is 16.6 Å². The molecule has 1 N–H and O–H groups in total. The monoisotopic (exact) mass is 352 g/mol. The van der Waals surface area contributed by atoms with Crippen LogP contribution < -0.4 is 10.5 Å². The second-order valence-electron chi connectivity index (χ2n) is 6.47. The average molecular weight is 353 g/mol. The van der Waals surface area contributed by atoms with Gasteiger partial charge in [0.2, 0.25) is 0 Å². The summed E-state index contributed by atoms with van der Waals surface area (Å²) in [6.07, 6.45) is 4.55. The lowest BCUT2D eigenvalue weighted by Crippen LogP contribution is -3.06. The third kappa shape index (κ3) is 3.73. The van der Waals surface area contributed by atoms with Gasteiger partial charge in [-0.25, -0.2) is 4.98 Å². The van der Waals surface area contributed by atoms with Crippen LogP contribution in [0.25, 0.3) is 10.9 Å². The number of quaternary nitrogens is 1. The predicted molar refractivity (Wildman–Crippen MR) is 96.9 cm³/mol. The van der Waals surface area contributed by atoms with Crippen LogP contribution in [-0.4, -0.2) is 35.9 Å². The zero-order valence-electron chi connectivity index (χ0n) is 13.6. The van der Waals surface area contributed by atoms with Crippen molar-refractivity contribution in [3.8, 4) is 0 Å². The third-order valence-electron chi connectivity index (χ3n) is 4.35. The first kappa shape index (κ1) is 16.8. The molecule has 4 nitrogen and oxygen atoms in total. The van der Waals surface area contributed by atoms with Gasteiger partial charge in [-0.15, -0.1) is 0 Å². The van der Waals surface area contributed by atoms with Crippen molar-refractivity contribution in [2.45, 2.75) is 36.9 Å². The summed E-state index contributed by atoms with van der Waals surface area (Å²) in [7, 11) is 4.27. The molecule has 0 spiro atoms. The minimum Gasteiger partial charge on any atom is -0.339 e. The van der Waals surface area contributed by atoms with E-state index in [-0.39, 0.29) is 5.56 Å². The van der Waals surface area contributed by atoms with Gasteiger partial charge in [0.05, 0.1) is 37.3 Å². The first-order valence-electron chi connectivity index (χ1n) is 8.20. The summed E-state index contributed by atoms with van der Waals surface area (Å²) in [4.78, 5) is 19.2. The van der Waals surface area contributed by atoms with Crippen LogP contribution in [0.2, 0.25) is 5.02 Å². The smallest absolute Gasteiger partial charge is 0.262 e.